The van der Waals surface area contributed by atoms with Crippen LogP contribution in [0.3, 0.4) is 0 Å². The Kier molecular flexibility index (Phi) is 2.96. The Balaban J connectivity index is 2.30. The average molecular weight is 248 g/mol. The van der Waals surface area contributed by atoms with E-state index in [1.165, 1.54) is 36.0 Å². The molecule has 0 unspecified atom stereocenters. The number of hydrogen-bond donors (Lipinski definition) is 1. The number of amides is 1. The van der Waals surface area contributed by atoms with Crippen LogP contribution in [0.2, 0.25) is 0 Å². The van der Waals surface area contributed by atoms with Gasteiger partial charge in [-0.1, -0.05) is 17.2 Å². The first kappa shape index (κ1) is 11.6. The van der Waals surface area contributed by atoms with Gasteiger partial charge in [-0.25, -0.2) is 4.68 Å². The predicted molar refractivity (Wildman–Crippen MR) is 59.8 cm³/mol. The Morgan fingerprint density at radius 2 is 2.17 bits per heavy atom. The van der Waals surface area contributed by atoms with E-state index in [-0.39, 0.29) is 17.2 Å². The van der Waals surface area contributed by atoms with E-state index in [0.717, 1.165) is 0 Å². The van der Waals surface area contributed by atoms with Crippen molar-refractivity contribution in [2.75, 3.05) is 5.32 Å². The molecule has 0 bridgehead atoms. The zero-order valence-corrected chi connectivity index (χ0v) is 9.27. The highest BCUT2D eigenvalue weighted by Crippen LogP contribution is 2.18. The molecule has 9 nitrogen and oxygen atoms in total. The van der Waals surface area contributed by atoms with Gasteiger partial charge in [-0.2, -0.15) is 0 Å². The van der Waals surface area contributed by atoms with Crippen molar-refractivity contribution < 1.29 is 9.72 Å². The van der Waals surface area contributed by atoms with E-state index in [1.54, 1.807) is 0 Å². The minimum Gasteiger partial charge on any atom is -0.289 e. The second-order valence-electron chi connectivity index (χ2n) is 3.35. The lowest BCUT2D eigenvalue weighted by Gasteiger charge is -2.03. The van der Waals surface area contributed by atoms with E-state index in [0.29, 0.717) is 0 Å². The van der Waals surface area contributed by atoms with Crippen LogP contribution >= 0.6 is 0 Å². The minimum absolute atomic E-state index is 0.0505. The number of tetrazole rings is 1. The topological polar surface area (TPSA) is 116 Å². The Morgan fingerprint density at radius 3 is 2.78 bits per heavy atom. The van der Waals surface area contributed by atoms with Crippen molar-refractivity contribution in [2.45, 2.75) is 0 Å². The van der Waals surface area contributed by atoms with Crippen LogP contribution in [0.4, 0.5) is 11.6 Å². The number of rotatable bonds is 3. The molecule has 1 aromatic carbocycles. The van der Waals surface area contributed by atoms with Crippen LogP contribution in [-0.4, -0.2) is 31.0 Å². The molecule has 9 heteroatoms. The number of nitro benzene ring substituents is 1. The van der Waals surface area contributed by atoms with Gasteiger partial charge in [-0.15, -0.1) is 0 Å². The maximum atomic E-state index is 11.9. The maximum Gasteiger partial charge on any atom is 0.282 e. The van der Waals surface area contributed by atoms with E-state index in [1.807, 2.05) is 0 Å². The lowest BCUT2D eigenvalue weighted by Crippen LogP contribution is -2.16. The first-order chi connectivity index (χ1) is 8.59. The molecule has 18 heavy (non-hydrogen) atoms. The van der Waals surface area contributed by atoms with Gasteiger partial charge in [0.25, 0.3) is 11.6 Å². The van der Waals surface area contributed by atoms with Crippen LogP contribution in [0.25, 0.3) is 0 Å². The molecule has 0 aliphatic heterocycles. The SMILES string of the molecule is Cn1nnnc1NC(=O)c1ccccc1[N+](=O)[O-]. The van der Waals surface area contributed by atoms with Gasteiger partial charge in [0, 0.05) is 13.1 Å². The fraction of sp³-hybridized carbons (Fsp3) is 0.111. The maximum absolute atomic E-state index is 11.9. The highest BCUT2D eigenvalue weighted by Gasteiger charge is 2.20. The zero-order chi connectivity index (χ0) is 13.1. The first-order valence-corrected chi connectivity index (χ1v) is 4.86. The molecule has 2 rings (SSSR count). The molecule has 0 aliphatic carbocycles. The Hall–Kier alpha value is -2.84. The summed E-state index contributed by atoms with van der Waals surface area (Å²) in [4.78, 5) is 22.0. The Bertz CT molecular complexity index is 608. The third-order valence-electron chi connectivity index (χ3n) is 2.19. The lowest BCUT2D eigenvalue weighted by atomic mass is 10.1. The molecule has 0 spiro atoms. The molecule has 0 radical (unpaired) electrons. The number of anilines is 1. The first-order valence-electron chi connectivity index (χ1n) is 4.86. The van der Waals surface area contributed by atoms with Gasteiger partial charge in [-0.05, 0) is 16.5 Å². The summed E-state index contributed by atoms with van der Waals surface area (Å²) in [6, 6.07) is 5.64. The number of para-hydroxylation sites is 1. The third kappa shape index (κ3) is 2.14. The monoisotopic (exact) mass is 248 g/mol. The fourth-order valence-electron chi connectivity index (χ4n) is 1.33. The van der Waals surface area contributed by atoms with Gasteiger partial charge in [0.1, 0.15) is 5.56 Å². The van der Waals surface area contributed by atoms with Crippen molar-refractivity contribution in [3.05, 3.63) is 39.9 Å². The van der Waals surface area contributed by atoms with E-state index < -0.39 is 10.8 Å². The normalized spacial score (nSPS) is 10.1. The lowest BCUT2D eigenvalue weighted by molar-refractivity contribution is -0.385. The van der Waals surface area contributed by atoms with Crippen LogP contribution in [-0.2, 0) is 7.05 Å². The summed E-state index contributed by atoms with van der Waals surface area (Å²) in [5, 5.41) is 23.6. The standard InChI is InChI=1S/C9H8N6O3/c1-14-9(11-12-13-14)10-8(16)6-4-2-3-5-7(6)15(17)18/h2-5H,1H3,(H,10,11,13,16). The number of carbonyl (C=O) groups excluding carboxylic acids is 1. The summed E-state index contributed by atoms with van der Waals surface area (Å²) in [7, 11) is 1.54. The second-order valence-corrected chi connectivity index (χ2v) is 3.35. The van der Waals surface area contributed by atoms with Crippen LogP contribution in [0, 0.1) is 10.1 Å². The van der Waals surface area contributed by atoms with Crippen molar-refractivity contribution in [3.63, 3.8) is 0 Å². The summed E-state index contributed by atoms with van der Waals surface area (Å²) >= 11 is 0. The number of hydrogen-bond acceptors (Lipinski definition) is 6. The smallest absolute Gasteiger partial charge is 0.282 e. The van der Waals surface area contributed by atoms with Crippen LogP contribution in [0.15, 0.2) is 24.3 Å². The van der Waals surface area contributed by atoms with Crippen molar-refractivity contribution in [3.8, 4) is 0 Å². The molecular weight excluding hydrogens is 240 g/mol. The number of nitro groups is 1. The van der Waals surface area contributed by atoms with Gasteiger partial charge >= 0.3 is 0 Å². The summed E-state index contributed by atoms with van der Waals surface area (Å²) in [6.07, 6.45) is 0. The van der Waals surface area contributed by atoms with E-state index >= 15 is 0 Å². The Labute approximate surface area is 101 Å². The van der Waals surface area contributed by atoms with Crippen molar-refractivity contribution in [1.82, 2.24) is 20.2 Å². The summed E-state index contributed by atoms with van der Waals surface area (Å²) < 4.78 is 1.24. The van der Waals surface area contributed by atoms with Gasteiger partial charge in [-0.3, -0.25) is 20.2 Å². The van der Waals surface area contributed by atoms with Crippen molar-refractivity contribution in [2.24, 2.45) is 7.05 Å². The third-order valence-corrected chi connectivity index (χ3v) is 2.19. The van der Waals surface area contributed by atoms with Crippen LogP contribution < -0.4 is 5.32 Å². The average Bonchev–Trinajstić information content (AvgIpc) is 2.75. The molecule has 0 saturated heterocycles. The fourth-order valence-corrected chi connectivity index (χ4v) is 1.33. The van der Waals surface area contributed by atoms with Crippen LogP contribution in [0.1, 0.15) is 10.4 Å². The van der Waals surface area contributed by atoms with Gasteiger partial charge in [0.2, 0.25) is 5.95 Å². The predicted octanol–water partition coefficient (Wildman–Crippen LogP) is 0.371. The molecule has 1 heterocycles. The Morgan fingerprint density at radius 1 is 1.44 bits per heavy atom. The quantitative estimate of drug-likeness (QED) is 0.619. The molecule has 1 aromatic heterocycles. The largest absolute Gasteiger partial charge is 0.289 e. The van der Waals surface area contributed by atoms with Gasteiger partial charge < -0.3 is 0 Å². The van der Waals surface area contributed by atoms with E-state index in [4.69, 9.17) is 0 Å². The van der Waals surface area contributed by atoms with E-state index in [2.05, 4.69) is 20.8 Å². The minimum atomic E-state index is -0.639. The van der Waals surface area contributed by atoms with Crippen molar-refractivity contribution in [1.29, 1.82) is 0 Å². The molecule has 1 N–H and O–H groups in total. The number of carbonyl (C=O) groups is 1. The number of aryl methyl sites for hydroxylation is 1. The molecular formula is C9H8N6O3. The number of nitrogens with zero attached hydrogens (tertiary/aromatic N) is 5. The van der Waals surface area contributed by atoms with Gasteiger partial charge in [0.05, 0.1) is 4.92 Å². The molecule has 0 fully saturated rings. The number of nitrogens with one attached hydrogen (secondary N) is 1. The summed E-state index contributed by atoms with van der Waals surface area (Å²) in [6.45, 7) is 0. The number of aromatic nitrogens is 4. The highest BCUT2D eigenvalue weighted by molar-refractivity contribution is 6.06. The molecule has 0 aliphatic rings. The second kappa shape index (κ2) is 4.57. The van der Waals surface area contributed by atoms with E-state index in [9.17, 15) is 14.9 Å². The molecule has 0 saturated carbocycles. The van der Waals surface area contributed by atoms with Crippen molar-refractivity contribution >= 4 is 17.5 Å². The summed E-state index contributed by atoms with van der Waals surface area (Å²) in [5.74, 6) is -0.529. The number of benzene rings is 1. The van der Waals surface area contributed by atoms with Crippen LogP contribution in [0.5, 0.6) is 0 Å². The molecule has 0 atom stereocenters. The molecule has 2 aromatic rings. The summed E-state index contributed by atoms with van der Waals surface area (Å²) in [5.41, 5.74) is -0.323. The molecule has 1 amide bonds. The zero-order valence-electron chi connectivity index (χ0n) is 9.27. The highest BCUT2D eigenvalue weighted by atomic mass is 16.6. The van der Waals surface area contributed by atoms with Gasteiger partial charge in [0.15, 0.2) is 0 Å². The molecule has 92 valence electrons.